The average molecular weight is 381 g/mol. The summed E-state index contributed by atoms with van der Waals surface area (Å²) >= 11 is 12.0. The molecule has 1 aliphatic rings. The van der Waals surface area contributed by atoms with E-state index >= 15 is 0 Å². The van der Waals surface area contributed by atoms with Crippen molar-refractivity contribution in [1.82, 2.24) is 9.80 Å². The van der Waals surface area contributed by atoms with Crippen LogP contribution < -0.4 is 0 Å². The first-order chi connectivity index (χ1) is 12.0. The van der Waals surface area contributed by atoms with Gasteiger partial charge in [0.05, 0.1) is 10.6 Å². The molecule has 1 heterocycles. The van der Waals surface area contributed by atoms with Crippen molar-refractivity contribution in [2.75, 3.05) is 32.7 Å². The van der Waals surface area contributed by atoms with E-state index in [1.807, 2.05) is 18.2 Å². The van der Waals surface area contributed by atoms with Crippen molar-refractivity contribution in [3.05, 3.63) is 69.5 Å². The first-order valence-electron chi connectivity index (χ1n) is 8.24. The first-order valence-corrected chi connectivity index (χ1v) is 9.00. The number of hydrogen-bond acceptors (Lipinski definition) is 2. The highest BCUT2D eigenvalue weighted by Gasteiger charge is 2.25. The molecule has 0 bridgehead atoms. The summed E-state index contributed by atoms with van der Waals surface area (Å²) in [7, 11) is 0. The predicted molar refractivity (Wildman–Crippen MR) is 98.9 cm³/mol. The summed E-state index contributed by atoms with van der Waals surface area (Å²) in [6.45, 7) is 3.57. The molecule has 1 amide bonds. The van der Waals surface area contributed by atoms with Crippen LogP contribution in [0.1, 0.15) is 15.9 Å². The zero-order valence-corrected chi connectivity index (χ0v) is 15.2. The topological polar surface area (TPSA) is 23.6 Å². The van der Waals surface area contributed by atoms with Gasteiger partial charge in [0.25, 0.3) is 5.91 Å². The highest BCUT2D eigenvalue weighted by molar-refractivity contribution is 6.33. The van der Waals surface area contributed by atoms with Gasteiger partial charge in [-0.3, -0.25) is 9.69 Å². The van der Waals surface area contributed by atoms with Crippen LogP contribution in [0.4, 0.5) is 4.39 Å². The van der Waals surface area contributed by atoms with Gasteiger partial charge in [0.2, 0.25) is 0 Å². The van der Waals surface area contributed by atoms with Crippen LogP contribution in [0.3, 0.4) is 0 Å². The van der Waals surface area contributed by atoms with Crippen molar-refractivity contribution in [2.45, 2.75) is 6.42 Å². The standard InChI is InChI=1S/C19H19Cl2FN2O/c20-15-4-1-3-14(13-15)7-8-23-9-11-24(12-10-23)19(25)18-16(21)5-2-6-17(18)22/h1-6,13H,7-12H2. The summed E-state index contributed by atoms with van der Waals surface area (Å²) in [5.41, 5.74) is 1.17. The number of piperazine rings is 1. The third kappa shape index (κ3) is 4.51. The average Bonchev–Trinajstić information content (AvgIpc) is 2.60. The number of carbonyl (C=O) groups excluding carboxylic acids is 1. The molecule has 3 rings (SSSR count). The van der Waals surface area contributed by atoms with Gasteiger partial charge in [0, 0.05) is 37.7 Å². The number of halogens is 3. The second-order valence-electron chi connectivity index (χ2n) is 6.11. The van der Waals surface area contributed by atoms with Crippen molar-refractivity contribution in [1.29, 1.82) is 0 Å². The first kappa shape index (κ1) is 18.2. The summed E-state index contributed by atoms with van der Waals surface area (Å²) in [4.78, 5) is 16.5. The maximum absolute atomic E-state index is 13.9. The normalized spacial score (nSPS) is 15.4. The van der Waals surface area contributed by atoms with Gasteiger partial charge in [-0.2, -0.15) is 0 Å². The summed E-state index contributed by atoms with van der Waals surface area (Å²) in [5, 5.41) is 0.906. The van der Waals surface area contributed by atoms with E-state index in [2.05, 4.69) is 11.0 Å². The maximum Gasteiger partial charge on any atom is 0.258 e. The van der Waals surface area contributed by atoms with Crippen molar-refractivity contribution in [3.8, 4) is 0 Å². The van der Waals surface area contributed by atoms with Crippen LogP contribution in [-0.2, 0) is 6.42 Å². The fourth-order valence-electron chi connectivity index (χ4n) is 3.01. The molecular weight excluding hydrogens is 362 g/mol. The zero-order chi connectivity index (χ0) is 17.8. The quantitative estimate of drug-likeness (QED) is 0.795. The lowest BCUT2D eigenvalue weighted by Gasteiger charge is -2.35. The lowest BCUT2D eigenvalue weighted by molar-refractivity contribution is 0.0634. The molecule has 2 aromatic carbocycles. The van der Waals surface area contributed by atoms with Gasteiger partial charge in [-0.25, -0.2) is 4.39 Å². The molecule has 1 saturated heterocycles. The van der Waals surface area contributed by atoms with E-state index in [4.69, 9.17) is 23.2 Å². The fraction of sp³-hybridized carbons (Fsp3) is 0.316. The van der Waals surface area contributed by atoms with Gasteiger partial charge >= 0.3 is 0 Å². The largest absolute Gasteiger partial charge is 0.336 e. The Bertz CT molecular complexity index is 741. The van der Waals surface area contributed by atoms with E-state index in [-0.39, 0.29) is 16.5 Å². The molecule has 25 heavy (non-hydrogen) atoms. The molecular formula is C19H19Cl2FN2O. The smallest absolute Gasteiger partial charge is 0.258 e. The molecule has 0 atom stereocenters. The van der Waals surface area contributed by atoms with Crippen molar-refractivity contribution in [3.63, 3.8) is 0 Å². The van der Waals surface area contributed by atoms with Crippen LogP contribution in [0.2, 0.25) is 10.0 Å². The lowest BCUT2D eigenvalue weighted by Crippen LogP contribution is -2.49. The van der Waals surface area contributed by atoms with Crippen LogP contribution in [-0.4, -0.2) is 48.4 Å². The molecule has 2 aromatic rings. The molecule has 0 saturated carbocycles. The minimum Gasteiger partial charge on any atom is -0.336 e. The molecule has 1 aliphatic heterocycles. The molecule has 0 unspecified atom stereocenters. The fourth-order valence-corrected chi connectivity index (χ4v) is 3.47. The number of rotatable bonds is 4. The van der Waals surface area contributed by atoms with Crippen molar-refractivity contribution in [2.24, 2.45) is 0 Å². The van der Waals surface area contributed by atoms with Gasteiger partial charge in [-0.05, 0) is 36.2 Å². The van der Waals surface area contributed by atoms with Gasteiger partial charge < -0.3 is 4.90 Å². The van der Waals surface area contributed by atoms with E-state index in [1.54, 1.807) is 11.0 Å². The van der Waals surface area contributed by atoms with Crippen LogP contribution in [0.5, 0.6) is 0 Å². The number of hydrogen-bond donors (Lipinski definition) is 0. The Morgan fingerprint density at radius 1 is 1.04 bits per heavy atom. The van der Waals surface area contributed by atoms with Crippen LogP contribution in [0, 0.1) is 5.82 Å². The molecule has 6 heteroatoms. The van der Waals surface area contributed by atoms with Crippen molar-refractivity contribution >= 4 is 29.1 Å². The predicted octanol–water partition coefficient (Wildman–Crippen LogP) is 4.13. The van der Waals surface area contributed by atoms with E-state index in [0.717, 1.165) is 31.1 Å². The van der Waals surface area contributed by atoms with Crippen molar-refractivity contribution < 1.29 is 9.18 Å². The second-order valence-corrected chi connectivity index (χ2v) is 6.95. The van der Waals surface area contributed by atoms with Crippen LogP contribution >= 0.6 is 23.2 Å². The van der Waals surface area contributed by atoms with E-state index in [9.17, 15) is 9.18 Å². The number of benzene rings is 2. The lowest BCUT2D eigenvalue weighted by atomic mass is 10.1. The minimum atomic E-state index is -0.569. The summed E-state index contributed by atoms with van der Waals surface area (Å²) in [6, 6.07) is 12.2. The van der Waals surface area contributed by atoms with Gasteiger partial charge in [-0.1, -0.05) is 41.4 Å². The Labute approximate surface area is 156 Å². The molecule has 0 aliphatic carbocycles. The third-order valence-electron chi connectivity index (χ3n) is 4.44. The number of carbonyl (C=O) groups is 1. The monoisotopic (exact) mass is 380 g/mol. The van der Waals surface area contributed by atoms with Gasteiger partial charge in [0.15, 0.2) is 0 Å². The SMILES string of the molecule is O=C(c1c(F)cccc1Cl)N1CCN(CCc2cccc(Cl)c2)CC1. The van der Waals surface area contributed by atoms with E-state index in [0.29, 0.717) is 13.1 Å². The highest BCUT2D eigenvalue weighted by atomic mass is 35.5. The zero-order valence-electron chi connectivity index (χ0n) is 13.7. The maximum atomic E-state index is 13.9. The Morgan fingerprint density at radius 2 is 1.76 bits per heavy atom. The molecule has 3 nitrogen and oxygen atoms in total. The molecule has 0 N–H and O–H groups in total. The Kier molecular flexibility index (Phi) is 5.94. The van der Waals surface area contributed by atoms with Crippen LogP contribution in [0.25, 0.3) is 0 Å². The molecule has 0 radical (unpaired) electrons. The molecule has 0 aromatic heterocycles. The molecule has 132 valence electrons. The Morgan fingerprint density at radius 3 is 2.44 bits per heavy atom. The number of amides is 1. The minimum absolute atomic E-state index is 0.0310. The summed E-state index contributed by atoms with van der Waals surface area (Å²) in [6.07, 6.45) is 0.910. The Balaban J connectivity index is 1.54. The molecule has 0 spiro atoms. The second kappa shape index (κ2) is 8.17. The van der Waals surface area contributed by atoms with Crippen LogP contribution in [0.15, 0.2) is 42.5 Å². The summed E-state index contributed by atoms with van der Waals surface area (Å²) in [5.74, 6) is -0.904. The van der Waals surface area contributed by atoms with Gasteiger partial charge in [-0.15, -0.1) is 0 Å². The Hall–Kier alpha value is -1.62. The third-order valence-corrected chi connectivity index (χ3v) is 4.99. The summed E-state index contributed by atoms with van der Waals surface area (Å²) < 4.78 is 13.9. The van der Waals surface area contributed by atoms with E-state index in [1.165, 1.54) is 17.7 Å². The van der Waals surface area contributed by atoms with E-state index < -0.39 is 5.82 Å². The molecule has 1 fully saturated rings. The van der Waals surface area contributed by atoms with Gasteiger partial charge in [0.1, 0.15) is 5.82 Å². The number of nitrogens with zero attached hydrogens (tertiary/aromatic N) is 2. The highest BCUT2D eigenvalue weighted by Crippen LogP contribution is 2.21.